The van der Waals surface area contributed by atoms with Crippen LogP contribution in [-0.4, -0.2) is 42.2 Å². The van der Waals surface area contributed by atoms with E-state index in [0.717, 1.165) is 16.8 Å². The van der Waals surface area contributed by atoms with Crippen LogP contribution in [-0.2, 0) is 14.3 Å². The van der Waals surface area contributed by atoms with Crippen LogP contribution >= 0.6 is 0 Å². The highest BCUT2D eigenvalue weighted by atomic mass is 16.6. The molecule has 1 atom stereocenters. The first-order valence-electron chi connectivity index (χ1n) is 9.88. The minimum atomic E-state index is -2.17. The number of nitrogens with two attached hydrogens (primary N) is 1. The van der Waals surface area contributed by atoms with Gasteiger partial charge in [0, 0.05) is 17.7 Å². The van der Waals surface area contributed by atoms with Gasteiger partial charge in [-0.3, -0.25) is 15.5 Å². The molecule has 2 aromatic rings. The average Bonchev–Trinajstić information content (AvgIpc) is 2.74. The van der Waals surface area contributed by atoms with Crippen LogP contribution in [0.4, 0.5) is 0 Å². The number of carbonyl (C=O) groups excluding carboxylic acids is 2. The van der Waals surface area contributed by atoms with Crippen molar-refractivity contribution in [1.29, 1.82) is 0 Å². The summed E-state index contributed by atoms with van der Waals surface area (Å²) >= 11 is 0. The number of hydrogen-bond acceptors (Lipinski definition) is 7. The summed E-state index contributed by atoms with van der Waals surface area (Å²) in [5.74, 6) is -1.32. The smallest absolute Gasteiger partial charge is 0.374 e. The van der Waals surface area contributed by atoms with E-state index in [1.165, 1.54) is 0 Å². The molecule has 0 aliphatic carbocycles. The van der Waals surface area contributed by atoms with E-state index in [-0.39, 0.29) is 12.5 Å². The Labute approximate surface area is 170 Å². The van der Waals surface area contributed by atoms with E-state index < -0.39 is 17.5 Å². The molecule has 1 aromatic heterocycles. The Morgan fingerprint density at radius 3 is 2.62 bits per heavy atom. The second-order valence-electron chi connectivity index (χ2n) is 7.14. The first kappa shape index (κ1) is 21.0. The SMILES string of the molecule is CCOC(=O)C(N)(Oc1ccc(-c2ccccn2)c(C)c1)C(=O)C1CCNCC1. The Hall–Kier alpha value is -2.77. The van der Waals surface area contributed by atoms with Crippen molar-refractivity contribution in [2.45, 2.75) is 32.4 Å². The van der Waals surface area contributed by atoms with E-state index in [1.54, 1.807) is 25.3 Å². The van der Waals surface area contributed by atoms with Gasteiger partial charge >= 0.3 is 11.7 Å². The minimum absolute atomic E-state index is 0.109. The molecule has 154 valence electrons. The lowest BCUT2D eigenvalue weighted by molar-refractivity contribution is -0.168. The summed E-state index contributed by atoms with van der Waals surface area (Å²) < 4.78 is 10.9. The van der Waals surface area contributed by atoms with Crippen molar-refractivity contribution >= 4 is 11.8 Å². The van der Waals surface area contributed by atoms with E-state index in [4.69, 9.17) is 15.2 Å². The lowest BCUT2D eigenvalue weighted by Gasteiger charge is -2.31. The number of ketones is 1. The number of rotatable bonds is 7. The molecule has 0 bridgehead atoms. The third-order valence-corrected chi connectivity index (χ3v) is 5.07. The van der Waals surface area contributed by atoms with Crippen LogP contribution in [0.2, 0.25) is 0 Å². The predicted octanol–water partition coefficient (Wildman–Crippen LogP) is 2.22. The number of pyridine rings is 1. The second kappa shape index (κ2) is 9.15. The highest BCUT2D eigenvalue weighted by Gasteiger charge is 2.49. The van der Waals surface area contributed by atoms with Crippen molar-refractivity contribution in [2.75, 3.05) is 19.7 Å². The summed E-state index contributed by atoms with van der Waals surface area (Å²) in [5, 5.41) is 3.20. The molecule has 7 nitrogen and oxygen atoms in total. The number of ether oxygens (including phenoxy) is 2. The van der Waals surface area contributed by atoms with E-state index in [1.807, 2.05) is 31.2 Å². The van der Waals surface area contributed by atoms with Gasteiger partial charge < -0.3 is 14.8 Å². The number of nitrogens with zero attached hydrogens (tertiary/aromatic N) is 1. The van der Waals surface area contributed by atoms with Crippen molar-refractivity contribution in [3.63, 3.8) is 0 Å². The Balaban J connectivity index is 1.88. The summed E-state index contributed by atoms with van der Waals surface area (Å²) in [5.41, 5.74) is 6.73. The molecular formula is C22H27N3O4. The van der Waals surface area contributed by atoms with Crippen molar-refractivity contribution < 1.29 is 19.1 Å². The molecule has 0 spiro atoms. The lowest BCUT2D eigenvalue weighted by Crippen LogP contribution is -2.62. The van der Waals surface area contributed by atoms with Gasteiger partial charge in [-0.15, -0.1) is 0 Å². The first-order chi connectivity index (χ1) is 14.0. The van der Waals surface area contributed by atoms with Crippen LogP contribution in [0.3, 0.4) is 0 Å². The molecule has 1 fully saturated rings. The van der Waals surface area contributed by atoms with Gasteiger partial charge in [-0.1, -0.05) is 6.07 Å². The van der Waals surface area contributed by atoms with Crippen LogP contribution < -0.4 is 15.8 Å². The number of nitrogens with one attached hydrogen (secondary N) is 1. The topological polar surface area (TPSA) is 104 Å². The molecule has 3 N–H and O–H groups in total. The number of aromatic nitrogens is 1. The van der Waals surface area contributed by atoms with E-state index in [2.05, 4.69) is 10.3 Å². The maximum Gasteiger partial charge on any atom is 0.374 e. The van der Waals surface area contributed by atoms with Gasteiger partial charge in [0.2, 0.25) is 5.78 Å². The Morgan fingerprint density at radius 2 is 2.00 bits per heavy atom. The second-order valence-corrected chi connectivity index (χ2v) is 7.14. The fourth-order valence-electron chi connectivity index (χ4n) is 3.51. The quantitative estimate of drug-likeness (QED) is 0.419. The molecule has 1 unspecified atom stereocenters. The van der Waals surface area contributed by atoms with Crippen LogP contribution in [0.5, 0.6) is 5.75 Å². The van der Waals surface area contributed by atoms with E-state index >= 15 is 0 Å². The van der Waals surface area contributed by atoms with Crippen molar-refractivity contribution in [1.82, 2.24) is 10.3 Å². The van der Waals surface area contributed by atoms with Gasteiger partial charge in [0.15, 0.2) is 0 Å². The number of esters is 1. The van der Waals surface area contributed by atoms with Gasteiger partial charge in [0.05, 0.1) is 12.3 Å². The lowest BCUT2D eigenvalue weighted by atomic mass is 9.88. The fourth-order valence-corrected chi connectivity index (χ4v) is 3.51. The largest absolute Gasteiger partial charge is 0.462 e. The van der Waals surface area contributed by atoms with Crippen molar-refractivity contribution in [3.8, 4) is 17.0 Å². The molecular weight excluding hydrogens is 370 g/mol. The number of piperidine rings is 1. The highest BCUT2D eigenvalue weighted by molar-refractivity contribution is 6.08. The molecule has 2 heterocycles. The molecule has 29 heavy (non-hydrogen) atoms. The zero-order valence-corrected chi connectivity index (χ0v) is 16.8. The number of hydrogen-bond donors (Lipinski definition) is 2. The zero-order chi connectivity index (χ0) is 20.9. The molecule has 3 rings (SSSR count). The third-order valence-electron chi connectivity index (χ3n) is 5.07. The highest BCUT2D eigenvalue weighted by Crippen LogP contribution is 2.29. The van der Waals surface area contributed by atoms with E-state index in [9.17, 15) is 9.59 Å². The van der Waals surface area contributed by atoms with Crippen molar-refractivity contribution in [3.05, 3.63) is 48.2 Å². The number of aryl methyl sites for hydroxylation is 1. The predicted molar refractivity (Wildman–Crippen MR) is 109 cm³/mol. The van der Waals surface area contributed by atoms with Gasteiger partial charge in [-0.25, -0.2) is 4.79 Å². The summed E-state index contributed by atoms with van der Waals surface area (Å²) in [6.07, 6.45) is 2.94. The normalized spacial score (nSPS) is 16.7. The monoisotopic (exact) mass is 397 g/mol. The van der Waals surface area contributed by atoms with Gasteiger partial charge in [0.1, 0.15) is 5.75 Å². The molecule has 1 aliphatic rings. The molecule has 0 saturated carbocycles. The number of Topliss-reactive ketones (excluding diaryl/α,β-unsaturated/α-hetero) is 1. The van der Waals surface area contributed by atoms with Gasteiger partial charge in [-0.2, -0.15) is 0 Å². The van der Waals surface area contributed by atoms with Gasteiger partial charge in [-0.05, 0) is 75.7 Å². The summed E-state index contributed by atoms with van der Waals surface area (Å²) in [6, 6.07) is 11.0. The van der Waals surface area contributed by atoms with Crippen LogP contribution in [0.15, 0.2) is 42.6 Å². The maximum atomic E-state index is 13.1. The van der Waals surface area contributed by atoms with Crippen LogP contribution in [0.1, 0.15) is 25.3 Å². The molecule has 1 aliphatic heterocycles. The summed E-state index contributed by atoms with van der Waals surface area (Å²) in [6.45, 7) is 5.09. The zero-order valence-electron chi connectivity index (χ0n) is 16.8. The molecule has 0 amide bonds. The standard InChI is InChI=1S/C22H27N3O4/c1-3-28-21(27)22(23,20(26)16-9-12-24-13-10-16)29-17-7-8-18(15(2)14-17)19-6-4-5-11-25-19/h4-8,11,14,16,24H,3,9-10,12-13,23H2,1-2H3. The van der Waals surface area contributed by atoms with Crippen LogP contribution in [0, 0.1) is 12.8 Å². The minimum Gasteiger partial charge on any atom is -0.462 e. The first-order valence-corrected chi connectivity index (χ1v) is 9.88. The Morgan fingerprint density at radius 1 is 1.24 bits per heavy atom. The third kappa shape index (κ3) is 4.63. The number of carbonyl (C=O) groups is 2. The summed E-state index contributed by atoms with van der Waals surface area (Å²) in [7, 11) is 0. The molecule has 0 radical (unpaired) electrons. The molecule has 7 heteroatoms. The average molecular weight is 397 g/mol. The van der Waals surface area contributed by atoms with Crippen LogP contribution in [0.25, 0.3) is 11.3 Å². The Bertz CT molecular complexity index is 866. The fraction of sp³-hybridized carbons (Fsp3) is 0.409. The number of benzene rings is 1. The maximum absolute atomic E-state index is 13.1. The van der Waals surface area contributed by atoms with Gasteiger partial charge in [0.25, 0.3) is 0 Å². The summed E-state index contributed by atoms with van der Waals surface area (Å²) in [4.78, 5) is 30.1. The van der Waals surface area contributed by atoms with Crippen molar-refractivity contribution in [2.24, 2.45) is 11.7 Å². The Kier molecular flexibility index (Phi) is 6.61. The molecule has 1 saturated heterocycles. The molecule has 1 aromatic carbocycles. The van der Waals surface area contributed by atoms with E-state index in [0.29, 0.717) is 31.7 Å².